The van der Waals surface area contributed by atoms with Crippen LogP contribution in [0, 0.1) is 0 Å². The molecule has 0 fully saturated rings. The molecule has 0 aliphatic carbocycles. The summed E-state index contributed by atoms with van der Waals surface area (Å²) >= 11 is 0. The molecule has 0 saturated heterocycles. The smallest absolute Gasteiger partial charge is 0.434 e. The van der Waals surface area contributed by atoms with Gasteiger partial charge in [0.1, 0.15) is 6.04 Å². The number of aliphatic carboxylic acids is 1. The Morgan fingerprint density at radius 1 is 1.43 bits per heavy atom. The van der Waals surface area contributed by atoms with Crippen LogP contribution in [0.25, 0.3) is 0 Å². The first kappa shape index (κ1) is 16.9. The number of halogens is 3. The fourth-order valence-corrected chi connectivity index (χ4v) is 1.72. The van der Waals surface area contributed by atoms with Crippen LogP contribution in [-0.4, -0.2) is 28.0 Å². The molecule has 1 aromatic rings. The number of hydrogen-bond donors (Lipinski definition) is 2. The van der Waals surface area contributed by atoms with E-state index in [0.29, 0.717) is 12.8 Å². The summed E-state index contributed by atoms with van der Waals surface area (Å²) in [5.41, 5.74) is -2.02. The van der Waals surface area contributed by atoms with Crippen molar-refractivity contribution in [2.45, 2.75) is 38.4 Å². The van der Waals surface area contributed by atoms with Crippen LogP contribution in [-0.2, 0) is 11.0 Å². The number of amides is 1. The van der Waals surface area contributed by atoms with Gasteiger partial charge in [0, 0.05) is 6.20 Å². The number of nitrogens with zero attached hydrogens (tertiary/aromatic N) is 1. The molecule has 1 rings (SSSR count). The summed E-state index contributed by atoms with van der Waals surface area (Å²) in [6.45, 7) is 1.84. The third-order valence-corrected chi connectivity index (χ3v) is 2.77. The molecular formula is C13H15F3N2O3. The number of nitrogens with one attached hydrogen (secondary N) is 1. The van der Waals surface area contributed by atoms with Gasteiger partial charge in [-0.15, -0.1) is 0 Å². The topological polar surface area (TPSA) is 79.3 Å². The van der Waals surface area contributed by atoms with Crippen LogP contribution in [0.15, 0.2) is 18.3 Å². The molecule has 0 radical (unpaired) electrons. The summed E-state index contributed by atoms with van der Waals surface area (Å²) < 4.78 is 38.2. The highest BCUT2D eigenvalue weighted by Crippen LogP contribution is 2.30. The van der Waals surface area contributed by atoms with E-state index >= 15 is 0 Å². The maximum atomic E-state index is 12.7. The van der Waals surface area contributed by atoms with Gasteiger partial charge in [-0.05, 0) is 18.6 Å². The van der Waals surface area contributed by atoms with Gasteiger partial charge in [0.25, 0.3) is 5.91 Å². The number of carbonyl (C=O) groups is 2. The Balaban J connectivity index is 2.96. The maximum absolute atomic E-state index is 12.7. The second kappa shape index (κ2) is 7.05. The molecule has 1 unspecified atom stereocenters. The Hall–Kier alpha value is -2.12. The lowest BCUT2D eigenvalue weighted by Gasteiger charge is -2.16. The Bertz CT molecular complexity index is 518. The van der Waals surface area contributed by atoms with Crippen molar-refractivity contribution >= 4 is 11.9 Å². The van der Waals surface area contributed by atoms with E-state index in [0.717, 1.165) is 12.3 Å². The molecule has 116 valence electrons. The summed E-state index contributed by atoms with van der Waals surface area (Å²) in [4.78, 5) is 26.0. The Kier molecular flexibility index (Phi) is 5.69. The zero-order valence-corrected chi connectivity index (χ0v) is 11.3. The molecule has 1 amide bonds. The normalized spacial score (nSPS) is 12.8. The van der Waals surface area contributed by atoms with Gasteiger partial charge >= 0.3 is 12.1 Å². The SMILES string of the molecule is CCCCC(NC(=O)c1cccnc1C(F)(F)F)C(=O)O. The van der Waals surface area contributed by atoms with E-state index in [4.69, 9.17) is 5.11 Å². The largest absolute Gasteiger partial charge is 0.480 e. The number of aromatic nitrogens is 1. The second-order valence-electron chi connectivity index (χ2n) is 4.40. The van der Waals surface area contributed by atoms with Crippen LogP contribution >= 0.6 is 0 Å². The van der Waals surface area contributed by atoms with Crippen molar-refractivity contribution in [3.05, 3.63) is 29.6 Å². The zero-order chi connectivity index (χ0) is 16.0. The number of rotatable bonds is 6. The van der Waals surface area contributed by atoms with Crippen molar-refractivity contribution in [3.63, 3.8) is 0 Å². The highest BCUT2D eigenvalue weighted by atomic mass is 19.4. The first-order valence-corrected chi connectivity index (χ1v) is 6.33. The monoisotopic (exact) mass is 304 g/mol. The molecule has 8 heteroatoms. The zero-order valence-electron chi connectivity index (χ0n) is 11.3. The van der Waals surface area contributed by atoms with E-state index in [-0.39, 0.29) is 6.42 Å². The molecule has 1 heterocycles. The summed E-state index contributed by atoms with van der Waals surface area (Å²) in [6, 6.07) is 0.925. The minimum atomic E-state index is -4.78. The lowest BCUT2D eigenvalue weighted by Crippen LogP contribution is -2.41. The van der Waals surface area contributed by atoms with E-state index in [2.05, 4.69) is 10.3 Å². The van der Waals surface area contributed by atoms with Gasteiger partial charge in [-0.1, -0.05) is 19.8 Å². The van der Waals surface area contributed by atoms with Crippen molar-refractivity contribution in [2.75, 3.05) is 0 Å². The third kappa shape index (κ3) is 4.73. The van der Waals surface area contributed by atoms with Crippen molar-refractivity contribution in [3.8, 4) is 0 Å². The van der Waals surface area contributed by atoms with E-state index in [9.17, 15) is 22.8 Å². The third-order valence-electron chi connectivity index (χ3n) is 2.77. The summed E-state index contributed by atoms with van der Waals surface area (Å²) in [5, 5.41) is 11.1. The van der Waals surface area contributed by atoms with E-state index in [1.165, 1.54) is 6.07 Å². The maximum Gasteiger partial charge on any atom is 0.434 e. The lowest BCUT2D eigenvalue weighted by atomic mass is 10.1. The molecule has 2 N–H and O–H groups in total. The molecule has 0 bridgehead atoms. The van der Waals surface area contributed by atoms with Gasteiger partial charge in [-0.3, -0.25) is 9.78 Å². The number of carboxylic acid groups (broad SMARTS) is 1. The van der Waals surface area contributed by atoms with Crippen LogP contribution in [0.3, 0.4) is 0 Å². The predicted molar refractivity (Wildman–Crippen MR) is 67.7 cm³/mol. The molecule has 21 heavy (non-hydrogen) atoms. The van der Waals surface area contributed by atoms with Crippen LogP contribution in [0.2, 0.25) is 0 Å². The standard InChI is InChI=1S/C13H15F3N2O3/c1-2-3-6-9(12(20)21)18-11(19)8-5-4-7-17-10(8)13(14,15)16/h4-5,7,9H,2-3,6H2,1H3,(H,18,19)(H,20,21). The van der Waals surface area contributed by atoms with E-state index < -0.39 is 35.4 Å². The van der Waals surface area contributed by atoms with Crippen molar-refractivity contribution < 1.29 is 27.9 Å². The first-order valence-electron chi connectivity index (χ1n) is 6.33. The minimum Gasteiger partial charge on any atom is -0.480 e. The number of carbonyl (C=O) groups excluding carboxylic acids is 1. The minimum absolute atomic E-state index is 0.152. The molecule has 1 atom stereocenters. The molecule has 0 saturated carbocycles. The number of hydrogen-bond acceptors (Lipinski definition) is 3. The van der Waals surface area contributed by atoms with Gasteiger partial charge in [0.2, 0.25) is 0 Å². The Labute approximate surface area is 119 Å². The quantitative estimate of drug-likeness (QED) is 0.846. The lowest BCUT2D eigenvalue weighted by molar-refractivity contribution is -0.141. The predicted octanol–water partition coefficient (Wildman–Crippen LogP) is 2.47. The van der Waals surface area contributed by atoms with E-state index in [1.807, 2.05) is 6.92 Å². The first-order chi connectivity index (χ1) is 9.77. The Morgan fingerprint density at radius 3 is 2.62 bits per heavy atom. The van der Waals surface area contributed by atoms with E-state index in [1.54, 1.807) is 0 Å². The van der Waals surface area contributed by atoms with Gasteiger partial charge in [0.15, 0.2) is 5.69 Å². The average molecular weight is 304 g/mol. The number of pyridine rings is 1. The van der Waals surface area contributed by atoms with Gasteiger partial charge in [-0.2, -0.15) is 13.2 Å². The number of carboxylic acids is 1. The summed E-state index contributed by atoms with van der Waals surface area (Å²) in [6.07, 6.45) is -2.46. The molecular weight excluding hydrogens is 289 g/mol. The van der Waals surface area contributed by atoms with Crippen LogP contribution in [0.4, 0.5) is 13.2 Å². The van der Waals surface area contributed by atoms with Gasteiger partial charge in [0.05, 0.1) is 5.56 Å². The Morgan fingerprint density at radius 2 is 2.10 bits per heavy atom. The summed E-state index contributed by atoms with van der Waals surface area (Å²) in [7, 11) is 0. The molecule has 0 aliphatic heterocycles. The number of unbranched alkanes of at least 4 members (excludes halogenated alkanes) is 1. The molecule has 0 aromatic carbocycles. The summed E-state index contributed by atoms with van der Waals surface area (Å²) in [5.74, 6) is -2.38. The highest BCUT2D eigenvalue weighted by Gasteiger charge is 2.37. The molecule has 0 spiro atoms. The van der Waals surface area contributed by atoms with Crippen LogP contribution < -0.4 is 5.32 Å². The second-order valence-corrected chi connectivity index (χ2v) is 4.40. The fourth-order valence-electron chi connectivity index (χ4n) is 1.72. The van der Waals surface area contributed by atoms with Gasteiger partial charge in [-0.25, -0.2) is 4.79 Å². The van der Waals surface area contributed by atoms with Crippen molar-refractivity contribution in [1.82, 2.24) is 10.3 Å². The molecule has 0 aliphatic rings. The molecule has 1 aromatic heterocycles. The van der Waals surface area contributed by atoms with Gasteiger partial charge < -0.3 is 10.4 Å². The van der Waals surface area contributed by atoms with Crippen molar-refractivity contribution in [2.24, 2.45) is 0 Å². The molecule has 5 nitrogen and oxygen atoms in total. The van der Waals surface area contributed by atoms with Crippen LogP contribution in [0.5, 0.6) is 0 Å². The number of alkyl halides is 3. The van der Waals surface area contributed by atoms with Crippen molar-refractivity contribution in [1.29, 1.82) is 0 Å². The fraction of sp³-hybridized carbons (Fsp3) is 0.462. The van der Waals surface area contributed by atoms with Crippen LogP contribution in [0.1, 0.15) is 42.2 Å². The average Bonchev–Trinajstić information content (AvgIpc) is 2.42. The highest BCUT2D eigenvalue weighted by molar-refractivity contribution is 5.97.